The summed E-state index contributed by atoms with van der Waals surface area (Å²) in [6.07, 6.45) is 2.22. The molecule has 0 saturated carbocycles. The molecule has 4 nitrogen and oxygen atoms in total. The number of rotatable bonds is 3. The van der Waals surface area contributed by atoms with E-state index in [-0.39, 0.29) is 23.9 Å². The zero-order valence-electron chi connectivity index (χ0n) is 12.6. The van der Waals surface area contributed by atoms with E-state index in [1.54, 1.807) is 16.2 Å². The van der Waals surface area contributed by atoms with Crippen LogP contribution in [-0.2, 0) is 9.59 Å². The molecular formula is C16H22N2O2S. The molecule has 2 saturated heterocycles. The molecule has 3 rings (SSSR count). The smallest absolute Gasteiger partial charge is 0.245 e. The lowest BCUT2D eigenvalue weighted by Gasteiger charge is -2.34. The van der Waals surface area contributed by atoms with E-state index in [0.29, 0.717) is 18.9 Å². The molecule has 21 heavy (non-hydrogen) atoms. The third-order valence-corrected chi connectivity index (χ3v) is 5.45. The normalized spacial score (nSPS) is 24.4. The van der Waals surface area contributed by atoms with Gasteiger partial charge < -0.3 is 9.80 Å². The molecule has 2 atom stereocenters. The van der Waals surface area contributed by atoms with Crippen molar-refractivity contribution < 1.29 is 9.59 Å². The molecule has 2 aliphatic heterocycles. The van der Waals surface area contributed by atoms with Gasteiger partial charge in [-0.1, -0.05) is 19.9 Å². The van der Waals surface area contributed by atoms with Crippen LogP contribution in [0.3, 0.4) is 0 Å². The van der Waals surface area contributed by atoms with Crippen molar-refractivity contribution in [3.05, 3.63) is 22.4 Å². The van der Waals surface area contributed by atoms with Gasteiger partial charge >= 0.3 is 0 Å². The third kappa shape index (κ3) is 2.59. The van der Waals surface area contributed by atoms with Crippen LogP contribution in [0.4, 0.5) is 0 Å². The Morgan fingerprint density at radius 1 is 1.29 bits per heavy atom. The van der Waals surface area contributed by atoms with Gasteiger partial charge in [0.1, 0.15) is 6.04 Å². The first-order chi connectivity index (χ1) is 10.1. The average molecular weight is 306 g/mol. The van der Waals surface area contributed by atoms with Gasteiger partial charge in [-0.05, 0) is 30.2 Å². The highest BCUT2D eigenvalue weighted by atomic mass is 32.1. The minimum Gasteiger partial charge on any atom is -0.332 e. The SMILES string of the molecule is CC(C)C(c1cccs1)N1CCC(=O)N2CCCC2C1=O. The van der Waals surface area contributed by atoms with Gasteiger partial charge in [0.25, 0.3) is 0 Å². The molecule has 0 spiro atoms. The Hall–Kier alpha value is -1.36. The highest BCUT2D eigenvalue weighted by molar-refractivity contribution is 7.10. The van der Waals surface area contributed by atoms with E-state index in [0.717, 1.165) is 19.4 Å². The summed E-state index contributed by atoms with van der Waals surface area (Å²) < 4.78 is 0. The first-order valence-corrected chi connectivity index (χ1v) is 8.61. The first-order valence-electron chi connectivity index (χ1n) is 7.73. The second-order valence-corrected chi connectivity index (χ2v) is 7.21. The Bertz CT molecular complexity index is 526. The molecule has 0 radical (unpaired) electrons. The molecule has 5 heteroatoms. The summed E-state index contributed by atoms with van der Waals surface area (Å²) in [4.78, 5) is 30.1. The fourth-order valence-corrected chi connectivity index (χ4v) is 4.57. The van der Waals surface area contributed by atoms with Crippen LogP contribution in [-0.4, -0.2) is 40.7 Å². The van der Waals surface area contributed by atoms with Crippen LogP contribution in [0.2, 0.25) is 0 Å². The maximum absolute atomic E-state index is 13.0. The molecule has 3 heterocycles. The number of fused-ring (bicyclic) bond motifs is 1. The number of carbonyl (C=O) groups excluding carboxylic acids is 2. The van der Waals surface area contributed by atoms with Gasteiger partial charge in [0.15, 0.2) is 0 Å². The van der Waals surface area contributed by atoms with E-state index >= 15 is 0 Å². The summed E-state index contributed by atoms with van der Waals surface area (Å²) in [7, 11) is 0. The fraction of sp³-hybridized carbons (Fsp3) is 0.625. The van der Waals surface area contributed by atoms with E-state index in [1.807, 2.05) is 11.0 Å². The Morgan fingerprint density at radius 2 is 2.10 bits per heavy atom. The summed E-state index contributed by atoms with van der Waals surface area (Å²) in [6.45, 7) is 5.59. The highest BCUT2D eigenvalue weighted by Crippen LogP contribution is 2.35. The van der Waals surface area contributed by atoms with Crippen LogP contribution in [0.1, 0.15) is 44.0 Å². The Morgan fingerprint density at radius 3 is 2.76 bits per heavy atom. The summed E-state index contributed by atoms with van der Waals surface area (Å²) >= 11 is 1.70. The number of carbonyl (C=O) groups is 2. The van der Waals surface area contributed by atoms with Gasteiger partial charge in [0.05, 0.1) is 6.04 Å². The molecule has 0 N–H and O–H groups in total. The molecule has 0 aliphatic carbocycles. The van der Waals surface area contributed by atoms with Crippen molar-refractivity contribution >= 4 is 23.2 Å². The zero-order chi connectivity index (χ0) is 15.0. The Balaban J connectivity index is 1.92. The molecule has 2 unspecified atom stereocenters. The van der Waals surface area contributed by atoms with Gasteiger partial charge in [0, 0.05) is 24.4 Å². The fourth-order valence-electron chi connectivity index (χ4n) is 3.56. The van der Waals surface area contributed by atoms with Crippen molar-refractivity contribution in [3.63, 3.8) is 0 Å². The Labute approximate surface area is 129 Å². The highest BCUT2D eigenvalue weighted by Gasteiger charge is 2.42. The van der Waals surface area contributed by atoms with Crippen molar-refractivity contribution in [2.75, 3.05) is 13.1 Å². The number of nitrogens with zero attached hydrogens (tertiary/aromatic N) is 2. The van der Waals surface area contributed by atoms with Crippen molar-refractivity contribution in [2.45, 2.75) is 45.2 Å². The lowest BCUT2D eigenvalue weighted by Crippen LogP contribution is -2.45. The number of thiophene rings is 1. The predicted molar refractivity (Wildman–Crippen MR) is 83.0 cm³/mol. The second kappa shape index (κ2) is 5.79. The summed E-state index contributed by atoms with van der Waals surface area (Å²) in [6, 6.07) is 4.00. The van der Waals surface area contributed by atoms with Crippen molar-refractivity contribution in [2.24, 2.45) is 5.92 Å². The molecule has 2 fully saturated rings. The lowest BCUT2D eigenvalue weighted by atomic mass is 9.99. The van der Waals surface area contributed by atoms with E-state index in [4.69, 9.17) is 0 Å². The molecule has 2 amide bonds. The minimum absolute atomic E-state index is 0.0887. The first kappa shape index (κ1) is 14.6. The molecule has 0 bridgehead atoms. The molecule has 114 valence electrons. The zero-order valence-corrected chi connectivity index (χ0v) is 13.4. The van der Waals surface area contributed by atoms with Gasteiger partial charge in [0.2, 0.25) is 11.8 Å². The van der Waals surface area contributed by atoms with Gasteiger partial charge in [-0.15, -0.1) is 11.3 Å². The quantitative estimate of drug-likeness (QED) is 0.861. The van der Waals surface area contributed by atoms with Gasteiger partial charge in [-0.3, -0.25) is 9.59 Å². The average Bonchev–Trinajstić information content (AvgIpc) is 3.10. The van der Waals surface area contributed by atoms with E-state index < -0.39 is 0 Å². The van der Waals surface area contributed by atoms with E-state index in [1.165, 1.54) is 4.88 Å². The van der Waals surface area contributed by atoms with Crippen molar-refractivity contribution in [1.82, 2.24) is 9.80 Å². The number of amides is 2. The molecule has 0 aromatic carbocycles. The number of hydrogen-bond donors (Lipinski definition) is 0. The van der Waals surface area contributed by atoms with Gasteiger partial charge in [-0.25, -0.2) is 0 Å². The number of hydrogen-bond acceptors (Lipinski definition) is 3. The molecule has 1 aromatic rings. The summed E-state index contributed by atoms with van der Waals surface area (Å²) in [5.74, 6) is 0.628. The summed E-state index contributed by atoms with van der Waals surface area (Å²) in [5.41, 5.74) is 0. The lowest BCUT2D eigenvalue weighted by molar-refractivity contribution is -0.141. The topological polar surface area (TPSA) is 40.6 Å². The maximum Gasteiger partial charge on any atom is 0.245 e. The van der Waals surface area contributed by atoms with Crippen LogP contribution in [0.5, 0.6) is 0 Å². The van der Waals surface area contributed by atoms with E-state index in [9.17, 15) is 9.59 Å². The molecule has 1 aromatic heterocycles. The predicted octanol–water partition coefficient (Wildman–Crippen LogP) is 2.67. The van der Waals surface area contributed by atoms with Crippen LogP contribution >= 0.6 is 11.3 Å². The molecular weight excluding hydrogens is 284 g/mol. The van der Waals surface area contributed by atoms with Crippen molar-refractivity contribution in [1.29, 1.82) is 0 Å². The largest absolute Gasteiger partial charge is 0.332 e. The standard InChI is InChI=1S/C16H22N2O2S/c1-11(2)15(13-6-4-10-21-13)18-9-7-14(19)17-8-3-5-12(17)16(18)20/h4,6,10-12,15H,3,5,7-9H2,1-2H3. The Kier molecular flexibility index (Phi) is 4.02. The monoisotopic (exact) mass is 306 g/mol. The van der Waals surface area contributed by atoms with Crippen LogP contribution in [0.25, 0.3) is 0 Å². The second-order valence-electron chi connectivity index (χ2n) is 6.23. The third-order valence-electron chi connectivity index (χ3n) is 4.51. The van der Waals surface area contributed by atoms with Crippen LogP contribution in [0.15, 0.2) is 17.5 Å². The van der Waals surface area contributed by atoms with Gasteiger partial charge in [-0.2, -0.15) is 0 Å². The maximum atomic E-state index is 13.0. The molecule has 2 aliphatic rings. The van der Waals surface area contributed by atoms with Crippen molar-refractivity contribution in [3.8, 4) is 0 Å². The van der Waals surface area contributed by atoms with E-state index in [2.05, 4.69) is 25.3 Å². The van der Waals surface area contributed by atoms with Crippen LogP contribution < -0.4 is 0 Å². The van der Waals surface area contributed by atoms with Crippen LogP contribution in [0, 0.1) is 5.92 Å². The summed E-state index contributed by atoms with van der Waals surface area (Å²) in [5, 5.41) is 2.06. The minimum atomic E-state index is -0.221.